The summed E-state index contributed by atoms with van der Waals surface area (Å²) in [6, 6.07) is 0. The van der Waals surface area contributed by atoms with E-state index in [1.807, 2.05) is 0 Å². The van der Waals surface area contributed by atoms with E-state index in [0.717, 1.165) is 18.8 Å². The largest absolute Gasteiger partial charge is 0.483 e. The van der Waals surface area contributed by atoms with Crippen LogP contribution >= 0.6 is 0 Å². The van der Waals surface area contributed by atoms with E-state index in [2.05, 4.69) is 11.4 Å². The van der Waals surface area contributed by atoms with Gasteiger partial charge in [-0.2, -0.15) is 0 Å². The molecule has 0 atom stereocenters. The SMILES string of the molecule is COC1=CCCCN1. The van der Waals surface area contributed by atoms with Gasteiger partial charge < -0.3 is 10.1 Å². The Kier molecular flexibility index (Phi) is 1.78. The maximum absolute atomic E-state index is 4.94. The monoisotopic (exact) mass is 113 g/mol. The Labute approximate surface area is 49.5 Å². The first-order valence-electron chi connectivity index (χ1n) is 2.91. The summed E-state index contributed by atoms with van der Waals surface area (Å²) in [5.41, 5.74) is 0. The van der Waals surface area contributed by atoms with Crippen LogP contribution in [0.25, 0.3) is 0 Å². The van der Waals surface area contributed by atoms with Gasteiger partial charge in [-0.25, -0.2) is 0 Å². The van der Waals surface area contributed by atoms with E-state index < -0.39 is 0 Å². The topological polar surface area (TPSA) is 21.3 Å². The third-order valence-electron chi connectivity index (χ3n) is 1.23. The van der Waals surface area contributed by atoms with Crippen LogP contribution in [0.3, 0.4) is 0 Å². The van der Waals surface area contributed by atoms with Crippen molar-refractivity contribution in [1.82, 2.24) is 5.32 Å². The van der Waals surface area contributed by atoms with Gasteiger partial charge in [0.25, 0.3) is 0 Å². The second-order valence-electron chi connectivity index (χ2n) is 1.84. The fraction of sp³-hybridized carbons (Fsp3) is 0.667. The molecule has 0 fully saturated rings. The molecular formula is C6H11NO. The van der Waals surface area contributed by atoms with E-state index in [9.17, 15) is 0 Å². The van der Waals surface area contributed by atoms with E-state index in [4.69, 9.17) is 4.74 Å². The Balaban J connectivity index is 2.37. The molecule has 0 amide bonds. The molecule has 2 heteroatoms. The molecule has 0 radical (unpaired) electrons. The molecule has 1 aliphatic heterocycles. The van der Waals surface area contributed by atoms with Gasteiger partial charge in [0, 0.05) is 6.54 Å². The summed E-state index contributed by atoms with van der Waals surface area (Å²) >= 11 is 0. The van der Waals surface area contributed by atoms with Gasteiger partial charge in [0.05, 0.1) is 7.11 Å². The van der Waals surface area contributed by atoms with Crippen LogP contribution < -0.4 is 5.32 Å². The predicted octanol–water partition coefficient (Wildman–Crippen LogP) is 0.858. The van der Waals surface area contributed by atoms with Crippen molar-refractivity contribution in [2.24, 2.45) is 0 Å². The molecule has 1 rings (SSSR count). The molecule has 0 bridgehead atoms. The van der Waals surface area contributed by atoms with Crippen LogP contribution in [-0.2, 0) is 4.74 Å². The highest BCUT2D eigenvalue weighted by molar-refractivity contribution is 4.93. The smallest absolute Gasteiger partial charge is 0.182 e. The molecule has 0 saturated heterocycles. The first-order valence-corrected chi connectivity index (χ1v) is 2.91. The summed E-state index contributed by atoms with van der Waals surface area (Å²) < 4.78 is 4.94. The highest BCUT2D eigenvalue weighted by atomic mass is 16.5. The number of ether oxygens (including phenoxy) is 1. The molecule has 1 heterocycles. The van der Waals surface area contributed by atoms with Crippen molar-refractivity contribution in [3.63, 3.8) is 0 Å². The molecule has 0 saturated carbocycles. The van der Waals surface area contributed by atoms with E-state index in [-0.39, 0.29) is 0 Å². The van der Waals surface area contributed by atoms with Gasteiger partial charge >= 0.3 is 0 Å². The summed E-state index contributed by atoms with van der Waals surface area (Å²) in [4.78, 5) is 0. The lowest BCUT2D eigenvalue weighted by atomic mass is 10.2. The number of rotatable bonds is 1. The molecule has 0 spiro atoms. The van der Waals surface area contributed by atoms with Crippen LogP contribution in [0.5, 0.6) is 0 Å². The van der Waals surface area contributed by atoms with E-state index in [1.54, 1.807) is 7.11 Å². The molecule has 8 heavy (non-hydrogen) atoms. The fourth-order valence-corrected chi connectivity index (χ4v) is 0.774. The summed E-state index contributed by atoms with van der Waals surface area (Å²) in [5.74, 6) is 0.927. The van der Waals surface area contributed by atoms with Gasteiger partial charge in [0.1, 0.15) is 0 Å². The van der Waals surface area contributed by atoms with Crippen LogP contribution in [0.2, 0.25) is 0 Å². The zero-order chi connectivity index (χ0) is 5.82. The Morgan fingerprint density at radius 3 is 3.00 bits per heavy atom. The Hall–Kier alpha value is -0.660. The van der Waals surface area contributed by atoms with Crippen LogP contribution in [-0.4, -0.2) is 13.7 Å². The van der Waals surface area contributed by atoms with Gasteiger partial charge in [-0.1, -0.05) is 0 Å². The van der Waals surface area contributed by atoms with Crippen molar-refractivity contribution in [2.75, 3.05) is 13.7 Å². The van der Waals surface area contributed by atoms with Gasteiger partial charge in [0.2, 0.25) is 0 Å². The second kappa shape index (κ2) is 2.60. The van der Waals surface area contributed by atoms with Crippen molar-refractivity contribution in [2.45, 2.75) is 12.8 Å². The lowest BCUT2D eigenvalue weighted by Crippen LogP contribution is -2.19. The second-order valence-corrected chi connectivity index (χ2v) is 1.84. The molecule has 0 aliphatic carbocycles. The average Bonchev–Trinajstić information content (AvgIpc) is 1.90. The highest BCUT2D eigenvalue weighted by Crippen LogP contribution is 2.01. The number of methoxy groups -OCH3 is 1. The van der Waals surface area contributed by atoms with Crippen molar-refractivity contribution < 1.29 is 4.74 Å². The predicted molar refractivity (Wildman–Crippen MR) is 32.3 cm³/mol. The van der Waals surface area contributed by atoms with Gasteiger partial charge in [-0.05, 0) is 18.9 Å². The molecule has 0 aromatic rings. The Morgan fingerprint density at radius 2 is 2.62 bits per heavy atom. The number of nitrogens with one attached hydrogen (secondary N) is 1. The minimum Gasteiger partial charge on any atom is -0.483 e. The zero-order valence-corrected chi connectivity index (χ0v) is 5.11. The highest BCUT2D eigenvalue weighted by Gasteiger charge is 1.98. The van der Waals surface area contributed by atoms with Crippen molar-refractivity contribution in [1.29, 1.82) is 0 Å². The molecule has 1 aliphatic rings. The number of hydrogen-bond donors (Lipinski definition) is 1. The maximum atomic E-state index is 4.94. The summed E-state index contributed by atoms with van der Waals surface area (Å²) in [6.45, 7) is 1.06. The van der Waals surface area contributed by atoms with Crippen LogP contribution in [0, 0.1) is 0 Å². The minimum atomic E-state index is 0.927. The molecule has 2 nitrogen and oxygen atoms in total. The van der Waals surface area contributed by atoms with Crippen molar-refractivity contribution in [3.8, 4) is 0 Å². The van der Waals surface area contributed by atoms with Gasteiger partial charge in [0.15, 0.2) is 5.88 Å². The van der Waals surface area contributed by atoms with Crippen LogP contribution in [0.15, 0.2) is 12.0 Å². The van der Waals surface area contributed by atoms with Crippen molar-refractivity contribution in [3.05, 3.63) is 12.0 Å². The third-order valence-corrected chi connectivity index (χ3v) is 1.23. The van der Waals surface area contributed by atoms with Gasteiger partial charge in [-0.15, -0.1) is 0 Å². The standard InChI is InChI=1S/C6H11NO/c1-8-6-4-2-3-5-7-6/h4,7H,2-3,5H2,1H3. The Bertz CT molecular complexity index is 98.7. The number of hydrogen-bond acceptors (Lipinski definition) is 2. The van der Waals surface area contributed by atoms with E-state index in [1.165, 1.54) is 6.42 Å². The molecule has 0 aromatic heterocycles. The molecular weight excluding hydrogens is 102 g/mol. The summed E-state index contributed by atoms with van der Waals surface area (Å²) in [7, 11) is 1.68. The van der Waals surface area contributed by atoms with E-state index >= 15 is 0 Å². The maximum Gasteiger partial charge on any atom is 0.182 e. The molecule has 1 N–H and O–H groups in total. The fourth-order valence-electron chi connectivity index (χ4n) is 0.774. The third kappa shape index (κ3) is 1.15. The van der Waals surface area contributed by atoms with Crippen LogP contribution in [0.1, 0.15) is 12.8 Å². The average molecular weight is 113 g/mol. The Morgan fingerprint density at radius 1 is 1.75 bits per heavy atom. The summed E-state index contributed by atoms with van der Waals surface area (Å²) in [6.07, 6.45) is 4.45. The van der Waals surface area contributed by atoms with Crippen molar-refractivity contribution >= 4 is 0 Å². The quantitative estimate of drug-likeness (QED) is 0.544. The van der Waals surface area contributed by atoms with Gasteiger partial charge in [-0.3, -0.25) is 0 Å². The lowest BCUT2D eigenvalue weighted by molar-refractivity contribution is 0.253. The molecule has 46 valence electrons. The van der Waals surface area contributed by atoms with E-state index in [0.29, 0.717) is 0 Å². The molecule has 0 unspecified atom stereocenters. The normalized spacial score (nSPS) is 18.9. The minimum absolute atomic E-state index is 0.927. The first-order chi connectivity index (χ1) is 3.93. The molecule has 0 aromatic carbocycles. The zero-order valence-electron chi connectivity index (χ0n) is 5.11. The van der Waals surface area contributed by atoms with Crippen LogP contribution in [0.4, 0.5) is 0 Å². The summed E-state index contributed by atoms with van der Waals surface area (Å²) in [5, 5.41) is 3.11. The number of allylic oxidation sites excluding steroid dienone is 1. The first kappa shape index (κ1) is 5.48. The lowest BCUT2D eigenvalue weighted by Gasteiger charge is -2.12.